The SMILES string of the molecule is Cc1noc(C)c1CN1C[C@]2(CCN(c3cnccn3)C2)CC1=O. The molecule has 24 heavy (non-hydrogen) atoms. The Labute approximate surface area is 140 Å². The van der Waals surface area contributed by atoms with Crippen LogP contribution in [0.25, 0.3) is 0 Å². The first-order valence-electron chi connectivity index (χ1n) is 8.27. The molecule has 2 fully saturated rings. The number of rotatable bonds is 3. The summed E-state index contributed by atoms with van der Waals surface area (Å²) in [6, 6.07) is 0. The van der Waals surface area contributed by atoms with Crippen molar-refractivity contribution < 1.29 is 9.32 Å². The molecule has 4 rings (SSSR count). The van der Waals surface area contributed by atoms with Crippen LogP contribution >= 0.6 is 0 Å². The van der Waals surface area contributed by atoms with E-state index >= 15 is 0 Å². The molecular formula is C17H21N5O2. The summed E-state index contributed by atoms with van der Waals surface area (Å²) in [4.78, 5) is 25.3. The molecule has 1 atom stereocenters. The summed E-state index contributed by atoms with van der Waals surface area (Å²) in [5, 5.41) is 3.99. The highest BCUT2D eigenvalue weighted by Crippen LogP contribution is 2.41. The van der Waals surface area contributed by atoms with Crippen LogP contribution in [0.1, 0.15) is 29.9 Å². The largest absolute Gasteiger partial charge is 0.361 e. The van der Waals surface area contributed by atoms with Crippen LogP contribution in [0.5, 0.6) is 0 Å². The Hall–Kier alpha value is -2.44. The molecule has 1 spiro atoms. The molecule has 7 heteroatoms. The van der Waals surface area contributed by atoms with Crippen molar-refractivity contribution in [3.05, 3.63) is 35.6 Å². The maximum atomic E-state index is 12.6. The molecule has 2 aromatic heterocycles. The lowest BCUT2D eigenvalue weighted by atomic mass is 9.86. The summed E-state index contributed by atoms with van der Waals surface area (Å²) >= 11 is 0. The highest BCUT2D eigenvalue weighted by atomic mass is 16.5. The molecule has 0 N–H and O–H groups in total. The lowest BCUT2D eigenvalue weighted by Crippen LogP contribution is -2.31. The Bertz CT molecular complexity index is 740. The van der Waals surface area contributed by atoms with E-state index in [1.165, 1.54) is 0 Å². The van der Waals surface area contributed by atoms with Crippen molar-refractivity contribution in [1.29, 1.82) is 0 Å². The van der Waals surface area contributed by atoms with Crippen molar-refractivity contribution in [1.82, 2.24) is 20.0 Å². The molecular weight excluding hydrogens is 306 g/mol. The second kappa shape index (κ2) is 5.58. The van der Waals surface area contributed by atoms with Crippen molar-refractivity contribution >= 4 is 11.7 Å². The number of likely N-dealkylation sites (tertiary alicyclic amines) is 1. The third-order valence-electron chi connectivity index (χ3n) is 5.25. The van der Waals surface area contributed by atoms with Crippen LogP contribution in [0.3, 0.4) is 0 Å². The first-order valence-corrected chi connectivity index (χ1v) is 8.27. The van der Waals surface area contributed by atoms with Crippen molar-refractivity contribution in [2.75, 3.05) is 24.5 Å². The molecule has 126 valence electrons. The number of aromatic nitrogens is 3. The number of hydrogen-bond acceptors (Lipinski definition) is 6. The third-order valence-corrected chi connectivity index (χ3v) is 5.25. The Morgan fingerprint density at radius 3 is 2.88 bits per heavy atom. The van der Waals surface area contributed by atoms with Crippen LogP contribution in [0, 0.1) is 19.3 Å². The molecule has 2 aliphatic heterocycles. The maximum Gasteiger partial charge on any atom is 0.223 e. The first kappa shape index (κ1) is 15.1. The number of carbonyl (C=O) groups is 1. The van der Waals surface area contributed by atoms with Gasteiger partial charge in [0.15, 0.2) is 0 Å². The highest BCUT2D eigenvalue weighted by Gasteiger charge is 2.47. The quantitative estimate of drug-likeness (QED) is 0.854. The van der Waals surface area contributed by atoms with Gasteiger partial charge in [-0.15, -0.1) is 0 Å². The maximum absolute atomic E-state index is 12.6. The standard InChI is InChI=1S/C17H21N5O2/c1-12-14(13(2)24-20-12)9-22-11-17(7-16(22)23)3-6-21(10-17)15-8-18-4-5-19-15/h4-5,8H,3,6-7,9-11H2,1-2H3/t17-/m1/s1. The number of aryl methyl sites for hydroxylation is 2. The minimum absolute atomic E-state index is 0.0214. The van der Waals surface area contributed by atoms with E-state index in [1.54, 1.807) is 18.6 Å². The van der Waals surface area contributed by atoms with Crippen molar-refractivity contribution in [2.45, 2.75) is 33.2 Å². The minimum Gasteiger partial charge on any atom is -0.361 e. The van der Waals surface area contributed by atoms with Gasteiger partial charge in [0.1, 0.15) is 11.6 Å². The lowest BCUT2D eigenvalue weighted by molar-refractivity contribution is -0.128. The van der Waals surface area contributed by atoms with Crippen LogP contribution in [0.2, 0.25) is 0 Å². The van der Waals surface area contributed by atoms with Gasteiger partial charge in [0, 0.05) is 49.4 Å². The average Bonchev–Trinajstić information content (AvgIpc) is 3.23. The summed E-state index contributed by atoms with van der Waals surface area (Å²) in [7, 11) is 0. The molecule has 4 heterocycles. The number of anilines is 1. The van der Waals surface area contributed by atoms with Gasteiger partial charge in [-0.05, 0) is 20.3 Å². The fraction of sp³-hybridized carbons (Fsp3) is 0.529. The summed E-state index contributed by atoms with van der Waals surface area (Å²) in [5.74, 6) is 1.91. The minimum atomic E-state index is 0.0214. The van der Waals surface area contributed by atoms with Gasteiger partial charge in [-0.2, -0.15) is 0 Å². The van der Waals surface area contributed by atoms with Crippen LogP contribution in [0.4, 0.5) is 5.82 Å². The van der Waals surface area contributed by atoms with E-state index in [0.29, 0.717) is 13.0 Å². The van der Waals surface area contributed by atoms with Crippen molar-refractivity contribution in [2.24, 2.45) is 5.41 Å². The third kappa shape index (κ3) is 2.53. The second-order valence-electron chi connectivity index (χ2n) is 6.96. The first-order chi connectivity index (χ1) is 11.6. The molecule has 0 bridgehead atoms. The fourth-order valence-electron chi connectivity index (χ4n) is 3.90. The van der Waals surface area contributed by atoms with Crippen LogP contribution < -0.4 is 4.90 Å². The normalized spacial score (nSPS) is 23.7. The zero-order valence-corrected chi connectivity index (χ0v) is 14.0. The van der Waals surface area contributed by atoms with Crippen molar-refractivity contribution in [3.8, 4) is 0 Å². The number of carbonyl (C=O) groups excluding carboxylic acids is 1. The second-order valence-corrected chi connectivity index (χ2v) is 6.96. The van der Waals surface area contributed by atoms with E-state index in [2.05, 4.69) is 20.0 Å². The Morgan fingerprint density at radius 1 is 1.29 bits per heavy atom. The van der Waals surface area contributed by atoms with Gasteiger partial charge >= 0.3 is 0 Å². The van der Waals surface area contributed by atoms with E-state index in [0.717, 1.165) is 48.9 Å². The van der Waals surface area contributed by atoms with Crippen LogP contribution in [0.15, 0.2) is 23.1 Å². The van der Waals surface area contributed by atoms with E-state index in [9.17, 15) is 4.79 Å². The van der Waals surface area contributed by atoms with Gasteiger partial charge in [0.05, 0.1) is 18.4 Å². The van der Waals surface area contributed by atoms with Gasteiger partial charge in [0.2, 0.25) is 5.91 Å². The smallest absolute Gasteiger partial charge is 0.223 e. The molecule has 0 radical (unpaired) electrons. The average molecular weight is 327 g/mol. The lowest BCUT2D eigenvalue weighted by Gasteiger charge is -2.24. The van der Waals surface area contributed by atoms with Crippen molar-refractivity contribution in [3.63, 3.8) is 0 Å². The number of hydrogen-bond donors (Lipinski definition) is 0. The molecule has 0 aromatic carbocycles. The summed E-state index contributed by atoms with van der Waals surface area (Å²) in [5.41, 5.74) is 1.92. The van der Waals surface area contributed by atoms with E-state index in [4.69, 9.17) is 4.52 Å². The Balaban J connectivity index is 1.48. The van der Waals surface area contributed by atoms with E-state index < -0.39 is 0 Å². The number of nitrogens with zero attached hydrogens (tertiary/aromatic N) is 5. The molecule has 2 aromatic rings. The molecule has 0 aliphatic carbocycles. The summed E-state index contributed by atoms with van der Waals surface area (Å²) in [6.07, 6.45) is 6.79. The predicted octanol–water partition coefficient (Wildman–Crippen LogP) is 1.71. The zero-order valence-electron chi connectivity index (χ0n) is 14.0. The number of amides is 1. The van der Waals surface area contributed by atoms with E-state index in [1.807, 2.05) is 18.7 Å². The fourth-order valence-corrected chi connectivity index (χ4v) is 3.90. The molecule has 7 nitrogen and oxygen atoms in total. The Kier molecular flexibility index (Phi) is 3.51. The van der Waals surface area contributed by atoms with E-state index in [-0.39, 0.29) is 11.3 Å². The van der Waals surface area contributed by atoms with Gasteiger partial charge in [0.25, 0.3) is 0 Å². The highest BCUT2D eigenvalue weighted by molar-refractivity contribution is 5.80. The summed E-state index contributed by atoms with van der Waals surface area (Å²) in [6.45, 7) is 6.98. The van der Waals surface area contributed by atoms with Crippen LogP contribution in [-0.4, -0.2) is 45.6 Å². The topological polar surface area (TPSA) is 75.4 Å². The van der Waals surface area contributed by atoms with Crippen LogP contribution in [-0.2, 0) is 11.3 Å². The molecule has 1 amide bonds. The van der Waals surface area contributed by atoms with Gasteiger partial charge in [-0.1, -0.05) is 5.16 Å². The monoisotopic (exact) mass is 327 g/mol. The molecule has 2 aliphatic rings. The van der Waals surface area contributed by atoms with Gasteiger partial charge in [-0.25, -0.2) is 4.98 Å². The zero-order chi connectivity index (χ0) is 16.7. The molecule has 0 unspecified atom stereocenters. The van der Waals surface area contributed by atoms with Gasteiger partial charge in [-0.3, -0.25) is 9.78 Å². The Morgan fingerprint density at radius 2 is 2.17 bits per heavy atom. The van der Waals surface area contributed by atoms with Gasteiger partial charge < -0.3 is 14.3 Å². The predicted molar refractivity (Wildman–Crippen MR) is 87.3 cm³/mol. The summed E-state index contributed by atoms with van der Waals surface area (Å²) < 4.78 is 5.22. The molecule has 2 saturated heterocycles. The molecule has 0 saturated carbocycles.